The molecule has 0 aromatic heterocycles. The van der Waals surface area contributed by atoms with Crippen molar-refractivity contribution in [2.75, 3.05) is 27.7 Å². The van der Waals surface area contributed by atoms with Gasteiger partial charge in [0, 0.05) is 18.2 Å². The van der Waals surface area contributed by atoms with Crippen molar-refractivity contribution >= 4 is 0 Å². The summed E-state index contributed by atoms with van der Waals surface area (Å²) >= 11 is 0. The molecular formula is C16H32N2O. The van der Waals surface area contributed by atoms with Gasteiger partial charge in [-0.2, -0.15) is 0 Å². The Morgan fingerprint density at radius 1 is 1.26 bits per heavy atom. The first-order valence-electron chi connectivity index (χ1n) is 7.90. The molecular weight excluding hydrogens is 236 g/mol. The summed E-state index contributed by atoms with van der Waals surface area (Å²) in [6.07, 6.45) is 7.72. The van der Waals surface area contributed by atoms with Crippen LogP contribution in [0.4, 0.5) is 0 Å². The number of rotatable bonds is 4. The highest BCUT2D eigenvalue weighted by atomic mass is 16.5. The predicted octanol–water partition coefficient (Wildman–Crippen LogP) is 2.65. The van der Waals surface area contributed by atoms with Crippen molar-refractivity contribution in [3.8, 4) is 0 Å². The molecule has 1 heterocycles. The van der Waals surface area contributed by atoms with Crippen LogP contribution in [0.15, 0.2) is 0 Å². The highest BCUT2D eigenvalue weighted by Gasteiger charge is 2.45. The lowest BCUT2D eigenvalue weighted by Crippen LogP contribution is -2.59. The van der Waals surface area contributed by atoms with Gasteiger partial charge in [0.25, 0.3) is 0 Å². The molecule has 3 heteroatoms. The third-order valence-electron chi connectivity index (χ3n) is 5.74. The van der Waals surface area contributed by atoms with Gasteiger partial charge in [0.15, 0.2) is 0 Å². The van der Waals surface area contributed by atoms with Crippen molar-refractivity contribution < 1.29 is 4.74 Å². The minimum absolute atomic E-state index is 0.177. The van der Waals surface area contributed by atoms with Crippen molar-refractivity contribution in [3.05, 3.63) is 0 Å². The lowest BCUT2D eigenvalue weighted by atomic mass is 9.74. The Morgan fingerprint density at radius 3 is 2.42 bits per heavy atom. The summed E-state index contributed by atoms with van der Waals surface area (Å²) in [6, 6.07) is 0.531. The fourth-order valence-corrected chi connectivity index (χ4v) is 4.16. The zero-order valence-corrected chi connectivity index (χ0v) is 13.5. The molecule has 0 aromatic rings. The lowest BCUT2D eigenvalue weighted by Gasteiger charge is -2.48. The van der Waals surface area contributed by atoms with Gasteiger partial charge in [0.1, 0.15) is 0 Å². The van der Waals surface area contributed by atoms with Gasteiger partial charge in [-0.3, -0.25) is 0 Å². The van der Waals surface area contributed by atoms with E-state index in [1.54, 1.807) is 0 Å². The van der Waals surface area contributed by atoms with E-state index < -0.39 is 0 Å². The van der Waals surface area contributed by atoms with Crippen molar-refractivity contribution in [2.45, 2.75) is 69.6 Å². The standard InChI is InChI=1S/C16H32N2O/c1-15(2,18(4)5)14(17-3)13-8-11-19-16(12-13)9-6-7-10-16/h13-14,17H,6-12H2,1-5H3. The average molecular weight is 268 g/mol. The Balaban J connectivity index is 2.10. The van der Waals surface area contributed by atoms with E-state index in [0.717, 1.165) is 12.5 Å². The van der Waals surface area contributed by atoms with Crippen LogP contribution in [0.25, 0.3) is 0 Å². The zero-order chi connectivity index (χ0) is 14.1. The van der Waals surface area contributed by atoms with Crippen molar-refractivity contribution in [2.24, 2.45) is 5.92 Å². The molecule has 2 rings (SSSR count). The summed E-state index contributed by atoms with van der Waals surface area (Å²) in [5, 5.41) is 3.60. The van der Waals surface area contributed by atoms with E-state index >= 15 is 0 Å². The minimum atomic E-state index is 0.177. The Kier molecular flexibility index (Phi) is 4.59. The highest BCUT2D eigenvalue weighted by Crippen LogP contribution is 2.44. The van der Waals surface area contributed by atoms with Crippen molar-refractivity contribution in [1.82, 2.24) is 10.2 Å². The zero-order valence-electron chi connectivity index (χ0n) is 13.5. The molecule has 2 aliphatic rings. The maximum Gasteiger partial charge on any atom is 0.0685 e. The molecule has 1 aliphatic heterocycles. The molecule has 0 amide bonds. The molecule has 1 saturated heterocycles. The fraction of sp³-hybridized carbons (Fsp3) is 1.00. The van der Waals surface area contributed by atoms with E-state index in [0.29, 0.717) is 6.04 Å². The second kappa shape index (κ2) is 5.71. The smallest absolute Gasteiger partial charge is 0.0685 e. The topological polar surface area (TPSA) is 24.5 Å². The molecule has 1 N–H and O–H groups in total. The Bertz CT molecular complexity index is 295. The SMILES string of the molecule is CNC(C1CCOC2(CCCC2)C1)C(C)(C)N(C)C. The number of hydrogen-bond donors (Lipinski definition) is 1. The monoisotopic (exact) mass is 268 g/mol. The predicted molar refractivity (Wildman–Crippen MR) is 80.5 cm³/mol. The van der Waals surface area contributed by atoms with Gasteiger partial charge in [0.05, 0.1) is 5.60 Å². The lowest BCUT2D eigenvalue weighted by molar-refractivity contribution is -0.105. The molecule has 0 radical (unpaired) electrons. The summed E-state index contributed by atoms with van der Waals surface area (Å²) in [6.45, 7) is 5.66. The van der Waals surface area contributed by atoms with E-state index in [4.69, 9.17) is 4.74 Å². The maximum absolute atomic E-state index is 6.18. The summed E-state index contributed by atoms with van der Waals surface area (Å²) in [4.78, 5) is 2.35. The van der Waals surface area contributed by atoms with Crippen LogP contribution in [-0.4, -0.2) is 49.8 Å². The van der Waals surface area contributed by atoms with Crippen LogP contribution in [0.2, 0.25) is 0 Å². The number of likely N-dealkylation sites (N-methyl/N-ethyl adjacent to an activating group) is 2. The third-order valence-corrected chi connectivity index (χ3v) is 5.74. The number of nitrogens with one attached hydrogen (secondary N) is 1. The van der Waals surface area contributed by atoms with E-state index in [1.807, 2.05) is 0 Å². The first-order chi connectivity index (χ1) is 8.91. The fourth-order valence-electron chi connectivity index (χ4n) is 4.16. The Morgan fingerprint density at radius 2 is 1.89 bits per heavy atom. The summed E-state index contributed by atoms with van der Waals surface area (Å²) in [5.74, 6) is 0.731. The quantitative estimate of drug-likeness (QED) is 0.848. The number of hydrogen-bond acceptors (Lipinski definition) is 3. The van der Waals surface area contributed by atoms with Crippen LogP contribution in [-0.2, 0) is 4.74 Å². The second-order valence-corrected chi connectivity index (χ2v) is 7.31. The van der Waals surface area contributed by atoms with Crippen molar-refractivity contribution in [3.63, 3.8) is 0 Å². The Hall–Kier alpha value is -0.120. The van der Waals surface area contributed by atoms with Crippen LogP contribution in [0.1, 0.15) is 52.4 Å². The summed E-state index contributed by atoms with van der Waals surface area (Å²) in [7, 11) is 6.50. The van der Waals surface area contributed by atoms with Crippen molar-refractivity contribution in [1.29, 1.82) is 0 Å². The number of nitrogens with zero attached hydrogens (tertiary/aromatic N) is 1. The van der Waals surface area contributed by atoms with Gasteiger partial charge >= 0.3 is 0 Å². The molecule has 1 spiro atoms. The van der Waals surface area contributed by atoms with Crippen LogP contribution in [0.3, 0.4) is 0 Å². The molecule has 19 heavy (non-hydrogen) atoms. The van der Waals surface area contributed by atoms with Crippen LogP contribution in [0.5, 0.6) is 0 Å². The first-order valence-corrected chi connectivity index (χ1v) is 7.90. The summed E-state index contributed by atoms with van der Waals surface area (Å²) < 4.78 is 6.18. The van der Waals surface area contributed by atoms with Crippen LogP contribution >= 0.6 is 0 Å². The van der Waals surface area contributed by atoms with E-state index in [-0.39, 0.29) is 11.1 Å². The van der Waals surface area contributed by atoms with Crippen LogP contribution < -0.4 is 5.32 Å². The maximum atomic E-state index is 6.18. The van der Waals surface area contributed by atoms with Gasteiger partial charge in [-0.05, 0) is 66.6 Å². The molecule has 1 aliphatic carbocycles. The van der Waals surface area contributed by atoms with E-state index in [2.05, 4.69) is 45.2 Å². The van der Waals surface area contributed by atoms with E-state index in [1.165, 1.54) is 38.5 Å². The molecule has 2 unspecified atom stereocenters. The molecule has 3 nitrogen and oxygen atoms in total. The average Bonchev–Trinajstić information content (AvgIpc) is 2.77. The molecule has 2 atom stereocenters. The molecule has 2 fully saturated rings. The van der Waals surface area contributed by atoms with Gasteiger partial charge < -0.3 is 15.0 Å². The van der Waals surface area contributed by atoms with Gasteiger partial charge in [-0.25, -0.2) is 0 Å². The van der Waals surface area contributed by atoms with Gasteiger partial charge in [-0.1, -0.05) is 12.8 Å². The second-order valence-electron chi connectivity index (χ2n) is 7.31. The number of ether oxygens (including phenoxy) is 1. The molecule has 112 valence electrons. The minimum Gasteiger partial charge on any atom is -0.375 e. The largest absolute Gasteiger partial charge is 0.375 e. The van der Waals surface area contributed by atoms with Gasteiger partial charge in [0.2, 0.25) is 0 Å². The molecule has 1 saturated carbocycles. The molecule has 0 bridgehead atoms. The first kappa shape index (κ1) is 15.3. The van der Waals surface area contributed by atoms with Gasteiger partial charge in [-0.15, -0.1) is 0 Å². The third kappa shape index (κ3) is 2.98. The summed E-state index contributed by atoms with van der Waals surface area (Å²) in [5.41, 5.74) is 0.400. The Labute approximate surface area is 119 Å². The highest BCUT2D eigenvalue weighted by molar-refractivity contribution is 5.00. The molecule has 0 aromatic carbocycles. The normalized spacial score (nSPS) is 29.1. The van der Waals surface area contributed by atoms with Crippen LogP contribution in [0, 0.1) is 5.92 Å². The van der Waals surface area contributed by atoms with E-state index in [9.17, 15) is 0 Å².